The van der Waals surface area contributed by atoms with Gasteiger partial charge < -0.3 is 9.53 Å². The van der Waals surface area contributed by atoms with E-state index in [1.807, 2.05) is 19.1 Å². The van der Waals surface area contributed by atoms with E-state index in [1.165, 1.54) is 5.19 Å². The van der Waals surface area contributed by atoms with E-state index >= 15 is 0 Å². The third kappa shape index (κ3) is 2.57. The van der Waals surface area contributed by atoms with Gasteiger partial charge in [0.2, 0.25) is 8.32 Å². The van der Waals surface area contributed by atoms with Crippen LogP contribution in [0.5, 0.6) is 5.75 Å². The van der Waals surface area contributed by atoms with Gasteiger partial charge in [-0.3, -0.25) is 0 Å². The number of hydrogen-bond acceptors (Lipinski definition) is 2. The summed E-state index contributed by atoms with van der Waals surface area (Å²) in [4.78, 5) is 0. The predicted molar refractivity (Wildman–Crippen MR) is 56.8 cm³/mol. The largest absolute Gasteiger partial charge is 0.508 e. The van der Waals surface area contributed by atoms with Crippen LogP contribution in [-0.4, -0.2) is 20.0 Å². The van der Waals surface area contributed by atoms with Crippen molar-refractivity contribution in [2.24, 2.45) is 0 Å². The summed E-state index contributed by atoms with van der Waals surface area (Å²) in [6.07, 6.45) is 0. The minimum Gasteiger partial charge on any atom is -0.508 e. The van der Waals surface area contributed by atoms with Gasteiger partial charge in [-0.25, -0.2) is 0 Å². The molecule has 0 amide bonds. The number of phenolic OH excluding ortho intramolecular Hbond substituents is 1. The van der Waals surface area contributed by atoms with Crippen molar-refractivity contribution in [1.29, 1.82) is 0 Å². The molecule has 2 nitrogen and oxygen atoms in total. The van der Waals surface area contributed by atoms with E-state index < -0.39 is 8.32 Å². The summed E-state index contributed by atoms with van der Waals surface area (Å²) in [6, 6.07) is 7.31. The maximum absolute atomic E-state index is 9.13. The van der Waals surface area contributed by atoms with Crippen LogP contribution in [-0.2, 0) is 4.43 Å². The van der Waals surface area contributed by atoms with Crippen LogP contribution in [0.4, 0.5) is 0 Å². The van der Waals surface area contributed by atoms with Crippen LogP contribution in [0.2, 0.25) is 13.1 Å². The molecule has 0 fully saturated rings. The summed E-state index contributed by atoms with van der Waals surface area (Å²) in [5.41, 5.74) is 0. The van der Waals surface area contributed by atoms with Crippen molar-refractivity contribution >= 4 is 13.5 Å². The summed E-state index contributed by atoms with van der Waals surface area (Å²) in [7, 11) is -1.71. The molecule has 0 atom stereocenters. The molecular formula is C10H16O2Si. The zero-order valence-electron chi connectivity index (χ0n) is 8.37. The topological polar surface area (TPSA) is 29.5 Å². The first-order valence-electron chi connectivity index (χ1n) is 4.49. The number of rotatable bonds is 3. The van der Waals surface area contributed by atoms with Gasteiger partial charge in [0.15, 0.2) is 0 Å². The molecule has 0 aliphatic rings. The molecule has 0 heterocycles. The first-order valence-corrected chi connectivity index (χ1v) is 7.40. The highest BCUT2D eigenvalue weighted by atomic mass is 28.4. The highest BCUT2D eigenvalue weighted by Gasteiger charge is 2.24. The fourth-order valence-electron chi connectivity index (χ4n) is 1.31. The zero-order valence-corrected chi connectivity index (χ0v) is 9.37. The van der Waals surface area contributed by atoms with Crippen molar-refractivity contribution < 1.29 is 9.53 Å². The Morgan fingerprint density at radius 3 is 2.23 bits per heavy atom. The van der Waals surface area contributed by atoms with Crippen LogP contribution in [0.1, 0.15) is 6.92 Å². The van der Waals surface area contributed by atoms with Crippen LogP contribution in [0, 0.1) is 0 Å². The Morgan fingerprint density at radius 1 is 1.23 bits per heavy atom. The lowest BCUT2D eigenvalue weighted by atomic mass is 10.3. The van der Waals surface area contributed by atoms with Gasteiger partial charge in [-0.1, -0.05) is 12.1 Å². The Labute approximate surface area is 80.3 Å². The number of benzene rings is 1. The molecule has 72 valence electrons. The smallest absolute Gasteiger partial charge is 0.218 e. The van der Waals surface area contributed by atoms with E-state index in [0.29, 0.717) is 5.75 Å². The van der Waals surface area contributed by atoms with Crippen molar-refractivity contribution in [3.05, 3.63) is 24.3 Å². The molecule has 1 N–H and O–H groups in total. The van der Waals surface area contributed by atoms with E-state index in [1.54, 1.807) is 12.1 Å². The number of aromatic hydroxyl groups is 1. The Kier molecular flexibility index (Phi) is 3.11. The van der Waals surface area contributed by atoms with Gasteiger partial charge in [-0.2, -0.15) is 0 Å². The van der Waals surface area contributed by atoms with Gasteiger partial charge >= 0.3 is 0 Å². The summed E-state index contributed by atoms with van der Waals surface area (Å²) in [5, 5.41) is 10.3. The van der Waals surface area contributed by atoms with Crippen molar-refractivity contribution in [3.63, 3.8) is 0 Å². The highest BCUT2D eigenvalue weighted by Crippen LogP contribution is 2.09. The SMILES string of the molecule is CCO[Si](C)(C)c1ccc(O)cc1. The molecule has 0 aromatic heterocycles. The minimum absolute atomic E-state index is 0.310. The van der Waals surface area contributed by atoms with E-state index in [2.05, 4.69) is 13.1 Å². The molecule has 0 bridgehead atoms. The van der Waals surface area contributed by atoms with Gasteiger partial charge in [0.05, 0.1) is 0 Å². The van der Waals surface area contributed by atoms with Crippen molar-refractivity contribution in [3.8, 4) is 5.75 Å². The average molecular weight is 196 g/mol. The second-order valence-electron chi connectivity index (χ2n) is 3.49. The van der Waals surface area contributed by atoms with Gasteiger partial charge in [0, 0.05) is 6.61 Å². The Hall–Kier alpha value is -0.803. The predicted octanol–water partition coefficient (Wildman–Crippen LogP) is 1.84. The lowest BCUT2D eigenvalue weighted by Crippen LogP contribution is -2.44. The van der Waals surface area contributed by atoms with E-state index in [0.717, 1.165) is 6.61 Å². The molecule has 0 unspecified atom stereocenters. The molecule has 0 radical (unpaired) electrons. The van der Waals surface area contributed by atoms with Gasteiger partial charge in [-0.05, 0) is 37.3 Å². The molecule has 3 heteroatoms. The van der Waals surface area contributed by atoms with E-state index in [4.69, 9.17) is 9.53 Å². The maximum atomic E-state index is 9.13. The number of phenols is 1. The lowest BCUT2D eigenvalue weighted by molar-refractivity contribution is 0.339. The molecule has 13 heavy (non-hydrogen) atoms. The fourth-order valence-corrected chi connectivity index (χ4v) is 3.16. The quantitative estimate of drug-likeness (QED) is 0.748. The van der Waals surface area contributed by atoms with Crippen LogP contribution in [0.25, 0.3) is 0 Å². The summed E-state index contributed by atoms with van der Waals surface area (Å²) in [6.45, 7) is 7.07. The standard InChI is InChI=1S/C10H16O2Si/c1-4-12-13(2,3)10-7-5-9(11)6-8-10/h5-8,11H,4H2,1-3H3. The number of hydrogen-bond donors (Lipinski definition) is 1. The van der Waals surface area contributed by atoms with Crippen molar-refractivity contribution in [2.75, 3.05) is 6.61 Å². The summed E-state index contributed by atoms with van der Waals surface area (Å²) >= 11 is 0. The molecule has 0 aliphatic carbocycles. The average Bonchev–Trinajstić information content (AvgIpc) is 2.05. The zero-order chi connectivity index (χ0) is 9.90. The Balaban J connectivity index is 2.87. The van der Waals surface area contributed by atoms with Gasteiger partial charge in [0.1, 0.15) is 5.75 Å². The third-order valence-corrected chi connectivity index (χ3v) is 4.80. The second kappa shape index (κ2) is 3.94. The highest BCUT2D eigenvalue weighted by molar-refractivity contribution is 6.84. The Morgan fingerprint density at radius 2 is 1.77 bits per heavy atom. The van der Waals surface area contributed by atoms with E-state index in [9.17, 15) is 0 Å². The molecule has 0 saturated carbocycles. The molecule has 0 aliphatic heterocycles. The summed E-state index contributed by atoms with van der Waals surface area (Å²) in [5.74, 6) is 0.310. The molecular weight excluding hydrogens is 180 g/mol. The molecule has 1 aromatic carbocycles. The first kappa shape index (κ1) is 10.3. The van der Waals surface area contributed by atoms with Crippen molar-refractivity contribution in [1.82, 2.24) is 0 Å². The molecule has 0 saturated heterocycles. The first-order chi connectivity index (χ1) is 6.06. The monoisotopic (exact) mass is 196 g/mol. The third-order valence-electron chi connectivity index (χ3n) is 2.07. The minimum atomic E-state index is -1.71. The normalized spacial score (nSPS) is 11.6. The van der Waals surface area contributed by atoms with Crippen molar-refractivity contribution in [2.45, 2.75) is 20.0 Å². The van der Waals surface area contributed by atoms with Crippen LogP contribution in [0.3, 0.4) is 0 Å². The summed E-state index contributed by atoms with van der Waals surface area (Å²) < 4.78 is 5.71. The Bertz CT molecular complexity index is 267. The van der Waals surface area contributed by atoms with Crippen LogP contribution < -0.4 is 5.19 Å². The lowest BCUT2D eigenvalue weighted by Gasteiger charge is -2.22. The van der Waals surface area contributed by atoms with E-state index in [-0.39, 0.29) is 0 Å². The fraction of sp³-hybridized carbons (Fsp3) is 0.400. The van der Waals surface area contributed by atoms with Gasteiger partial charge in [-0.15, -0.1) is 0 Å². The van der Waals surface area contributed by atoms with Crippen LogP contribution >= 0.6 is 0 Å². The maximum Gasteiger partial charge on any atom is 0.218 e. The van der Waals surface area contributed by atoms with Crippen LogP contribution in [0.15, 0.2) is 24.3 Å². The molecule has 1 rings (SSSR count). The van der Waals surface area contributed by atoms with Gasteiger partial charge in [0.25, 0.3) is 0 Å². The molecule has 1 aromatic rings. The molecule has 0 spiro atoms. The second-order valence-corrected chi connectivity index (χ2v) is 7.38.